The average molecular weight is 285 g/mol. The van der Waals surface area contributed by atoms with Crippen molar-refractivity contribution < 1.29 is 29.4 Å². The lowest BCUT2D eigenvalue weighted by molar-refractivity contribution is -0.385. The second-order valence-electron chi connectivity index (χ2n) is 3.39. The molecule has 19 heavy (non-hydrogen) atoms. The molecular formula is C10H7NO7S. The number of carbonyl (C=O) groups excluding carboxylic acids is 1. The number of rotatable bonds is 2. The highest BCUT2D eigenvalue weighted by atomic mass is 32.1. The minimum Gasteiger partial charge on any atom is -0.503 e. The molecule has 0 bridgehead atoms. The molecule has 0 aliphatic heterocycles. The maximum absolute atomic E-state index is 10.9. The number of benzene rings is 1. The zero-order valence-electron chi connectivity index (χ0n) is 9.45. The van der Waals surface area contributed by atoms with E-state index >= 15 is 0 Å². The number of carbonyl (C=O) groups is 1. The van der Waals surface area contributed by atoms with Gasteiger partial charge in [-0.15, -0.1) is 0 Å². The molecule has 0 saturated heterocycles. The van der Waals surface area contributed by atoms with Crippen molar-refractivity contribution in [1.82, 2.24) is 0 Å². The molecule has 2 rings (SSSR count). The van der Waals surface area contributed by atoms with Crippen LogP contribution in [0.4, 0.5) is 10.5 Å². The van der Waals surface area contributed by atoms with E-state index in [-0.39, 0.29) is 15.1 Å². The van der Waals surface area contributed by atoms with Crippen LogP contribution in [0, 0.1) is 10.1 Å². The van der Waals surface area contributed by atoms with E-state index in [1.165, 1.54) is 6.07 Å². The molecule has 2 aromatic rings. The summed E-state index contributed by atoms with van der Waals surface area (Å²) in [6, 6.07) is 2.40. The summed E-state index contributed by atoms with van der Waals surface area (Å²) in [4.78, 5) is 20.8. The zero-order chi connectivity index (χ0) is 14.2. The minimum absolute atomic E-state index is 0.0806. The van der Waals surface area contributed by atoms with Gasteiger partial charge in [-0.05, 0) is 0 Å². The Morgan fingerprint density at radius 1 is 1.37 bits per heavy atom. The summed E-state index contributed by atoms with van der Waals surface area (Å²) in [5.74, 6) is -1.46. The van der Waals surface area contributed by atoms with Crippen LogP contribution in [-0.2, 0) is 4.74 Å². The van der Waals surface area contributed by atoms with Crippen LogP contribution >= 0.6 is 11.3 Å². The first-order valence-electron chi connectivity index (χ1n) is 4.82. The van der Waals surface area contributed by atoms with Crippen LogP contribution < -0.4 is 4.74 Å². The van der Waals surface area contributed by atoms with Gasteiger partial charge in [-0.25, -0.2) is 4.79 Å². The van der Waals surface area contributed by atoms with Gasteiger partial charge in [0.05, 0.1) is 16.7 Å². The molecule has 0 saturated carbocycles. The molecule has 9 heteroatoms. The fraction of sp³-hybridized carbons (Fsp3) is 0.100. The highest BCUT2D eigenvalue weighted by molar-refractivity contribution is 7.21. The number of phenolic OH excluding ortho intramolecular Hbond substituents is 2. The Bertz CT molecular complexity index is 678. The number of methoxy groups -OCH3 is 1. The van der Waals surface area contributed by atoms with Gasteiger partial charge >= 0.3 is 11.8 Å². The number of hydrogen-bond donors (Lipinski definition) is 2. The molecule has 0 amide bonds. The van der Waals surface area contributed by atoms with Gasteiger partial charge in [-0.3, -0.25) is 10.1 Å². The summed E-state index contributed by atoms with van der Waals surface area (Å²) in [5.41, 5.74) is -0.632. The van der Waals surface area contributed by atoms with Crippen molar-refractivity contribution in [1.29, 1.82) is 0 Å². The quantitative estimate of drug-likeness (QED) is 0.376. The lowest BCUT2D eigenvalue weighted by Crippen LogP contribution is -2.05. The molecule has 0 fully saturated rings. The molecule has 0 aliphatic carbocycles. The summed E-state index contributed by atoms with van der Waals surface area (Å²) in [7, 11) is 1.13. The van der Waals surface area contributed by atoms with Crippen molar-refractivity contribution in [2.45, 2.75) is 0 Å². The number of phenols is 2. The number of nitro groups is 1. The molecular weight excluding hydrogens is 278 g/mol. The van der Waals surface area contributed by atoms with Crippen LogP contribution in [0.3, 0.4) is 0 Å². The third kappa shape index (κ3) is 2.22. The van der Waals surface area contributed by atoms with Crippen LogP contribution in [0.1, 0.15) is 0 Å². The first-order chi connectivity index (χ1) is 8.93. The van der Waals surface area contributed by atoms with Crippen LogP contribution in [0.15, 0.2) is 12.1 Å². The Morgan fingerprint density at radius 3 is 2.63 bits per heavy atom. The predicted molar refractivity (Wildman–Crippen MR) is 64.8 cm³/mol. The lowest BCUT2D eigenvalue weighted by atomic mass is 10.2. The number of ether oxygens (including phenoxy) is 2. The third-order valence-corrected chi connectivity index (χ3v) is 3.30. The van der Waals surface area contributed by atoms with Gasteiger partial charge in [0.15, 0.2) is 10.8 Å². The smallest absolute Gasteiger partial charge is 0.503 e. The lowest BCUT2D eigenvalue weighted by Gasteiger charge is -1.99. The molecule has 1 aromatic heterocycles. The van der Waals surface area contributed by atoms with E-state index in [9.17, 15) is 25.1 Å². The number of aromatic hydroxyl groups is 2. The molecule has 0 spiro atoms. The van der Waals surface area contributed by atoms with Crippen molar-refractivity contribution in [3.8, 4) is 16.6 Å². The Hall–Kier alpha value is -2.55. The molecule has 8 nitrogen and oxygen atoms in total. The molecule has 0 radical (unpaired) electrons. The van der Waals surface area contributed by atoms with Crippen molar-refractivity contribution >= 4 is 33.3 Å². The monoisotopic (exact) mass is 285 g/mol. The first-order valence-corrected chi connectivity index (χ1v) is 5.64. The summed E-state index contributed by atoms with van der Waals surface area (Å²) in [5, 5.41) is 30.2. The standard InChI is InChI=1S/C10H7NO7S/c1-17-10(14)18-6-3-4-2-5(11(15)16)7(12)8(13)9(4)19-6/h2-3,12-13H,1H3. The molecule has 0 unspecified atom stereocenters. The van der Waals surface area contributed by atoms with Crippen molar-refractivity contribution in [2.75, 3.05) is 7.11 Å². The molecule has 2 N–H and O–H groups in total. The molecule has 0 aliphatic rings. The normalized spacial score (nSPS) is 10.4. The highest BCUT2D eigenvalue weighted by Gasteiger charge is 2.23. The van der Waals surface area contributed by atoms with Gasteiger partial charge in [0.1, 0.15) is 0 Å². The first kappa shape index (κ1) is 12.9. The van der Waals surface area contributed by atoms with Gasteiger partial charge in [-0.1, -0.05) is 11.3 Å². The Labute approximate surface area is 109 Å². The molecule has 1 aromatic carbocycles. The topological polar surface area (TPSA) is 119 Å². The van der Waals surface area contributed by atoms with Crippen molar-refractivity contribution in [3.63, 3.8) is 0 Å². The number of hydrogen-bond acceptors (Lipinski definition) is 8. The van der Waals surface area contributed by atoms with Gasteiger partial charge in [0, 0.05) is 17.5 Å². The van der Waals surface area contributed by atoms with E-state index in [4.69, 9.17) is 4.74 Å². The van der Waals surface area contributed by atoms with Crippen LogP contribution in [0.25, 0.3) is 10.1 Å². The Morgan fingerprint density at radius 2 is 2.05 bits per heavy atom. The number of fused-ring (bicyclic) bond motifs is 1. The number of thiophene rings is 1. The summed E-state index contributed by atoms with van der Waals surface area (Å²) in [6.07, 6.45) is -0.954. The van der Waals surface area contributed by atoms with E-state index < -0.39 is 28.3 Å². The van der Waals surface area contributed by atoms with Crippen LogP contribution in [-0.4, -0.2) is 28.4 Å². The fourth-order valence-corrected chi connectivity index (χ4v) is 2.36. The van der Waals surface area contributed by atoms with E-state index in [0.29, 0.717) is 0 Å². The zero-order valence-corrected chi connectivity index (χ0v) is 10.3. The minimum atomic E-state index is -0.954. The third-order valence-electron chi connectivity index (χ3n) is 2.26. The van der Waals surface area contributed by atoms with E-state index in [1.54, 1.807) is 0 Å². The maximum Gasteiger partial charge on any atom is 0.514 e. The highest BCUT2D eigenvalue weighted by Crippen LogP contribution is 2.46. The molecule has 100 valence electrons. The summed E-state index contributed by atoms with van der Waals surface area (Å²) in [6.45, 7) is 0. The summed E-state index contributed by atoms with van der Waals surface area (Å²) >= 11 is 0.847. The van der Waals surface area contributed by atoms with E-state index in [2.05, 4.69) is 4.74 Å². The van der Waals surface area contributed by atoms with E-state index in [1.807, 2.05) is 0 Å². The van der Waals surface area contributed by atoms with Crippen LogP contribution in [0.5, 0.6) is 16.6 Å². The Kier molecular flexibility index (Phi) is 3.13. The van der Waals surface area contributed by atoms with Crippen molar-refractivity contribution in [2.24, 2.45) is 0 Å². The van der Waals surface area contributed by atoms with Gasteiger partial charge in [-0.2, -0.15) is 0 Å². The average Bonchev–Trinajstić information content (AvgIpc) is 2.76. The van der Waals surface area contributed by atoms with Crippen LogP contribution in [0.2, 0.25) is 0 Å². The number of nitrogens with zero attached hydrogens (tertiary/aromatic N) is 1. The van der Waals surface area contributed by atoms with E-state index in [0.717, 1.165) is 24.5 Å². The fourth-order valence-electron chi connectivity index (χ4n) is 1.43. The van der Waals surface area contributed by atoms with Gasteiger partial charge in [0.2, 0.25) is 5.75 Å². The van der Waals surface area contributed by atoms with Crippen molar-refractivity contribution in [3.05, 3.63) is 22.2 Å². The second-order valence-corrected chi connectivity index (χ2v) is 4.40. The van der Waals surface area contributed by atoms with Gasteiger partial charge < -0.3 is 19.7 Å². The second kappa shape index (κ2) is 4.61. The maximum atomic E-state index is 10.9. The predicted octanol–water partition coefficient (Wildman–Crippen LogP) is 2.37. The SMILES string of the molecule is COC(=O)Oc1cc2cc([N+](=O)[O-])c(O)c(O)c2s1. The van der Waals surface area contributed by atoms with Gasteiger partial charge in [0.25, 0.3) is 0 Å². The Balaban J connectivity index is 2.56. The molecule has 1 heterocycles. The number of nitro benzene ring substituents is 1. The molecule has 0 atom stereocenters. The summed E-state index contributed by atoms with van der Waals surface area (Å²) < 4.78 is 9.20. The largest absolute Gasteiger partial charge is 0.514 e.